The number of halogens is 1. The number of hydrogen-bond donors (Lipinski definition) is 1. The molecule has 0 aliphatic heterocycles. The molecule has 0 aromatic rings. The van der Waals surface area contributed by atoms with Crippen LogP contribution in [0.25, 0.3) is 0 Å². The molecule has 0 bridgehead atoms. The number of methoxy groups -OCH3 is 1. The van der Waals surface area contributed by atoms with E-state index in [2.05, 4.69) is 4.72 Å². The fourth-order valence-electron chi connectivity index (χ4n) is 1.72. The van der Waals surface area contributed by atoms with Gasteiger partial charge in [-0.3, -0.25) is 0 Å². The number of ether oxygens (including phenoxy) is 1. The van der Waals surface area contributed by atoms with Crippen molar-refractivity contribution < 1.29 is 13.2 Å². The third kappa shape index (κ3) is 4.68. The van der Waals surface area contributed by atoms with E-state index in [1.54, 1.807) is 0 Å². The van der Waals surface area contributed by atoms with Crippen LogP contribution < -0.4 is 4.72 Å². The minimum absolute atomic E-state index is 0.0170. The molecule has 2 atom stereocenters. The highest BCUT2D eigenvalue weighted by molar-refractivity contribution is 7.89. The van der Waals surface area contributed by atoms with Crippen LogP contribution in [0.3, 0.4) is 0 Å². The summed E-state index contributed by atoms with van der Waals surface area (Å²) < 4.78 is 30.1. The lowest BCUT2D eigenvalue weighted by Gasteiger charge is -2.14. The molecule has 0 heterocycles. The van der Waals surface area contributed by atoms with Gasteiger partial charge in [0.25, 0.3) is 0 Å². The quantitative estimate of drug-likeness (QED) is 0.720. The van der Waals surface area contributed by atoms with Crippen molar-refractivity contribution in [2.75, 3.05) is 26.0 Å². The second-order valence-electron chi connectivity index (χ2n) is 3.87. The summed E-state index contributed by atoms with van der Waals surface area (Å²) in [5.41, 5.74) is 0. The van der Waals surface area contributed by atoms with Gasteiger partial charge in [0, 0.05) is 19.0 Å². The summed E-state index contributed by atoms with van der Waals surface area (Å²) in [7, 11) is -1.70. The molecule has 6 heteroatoms. The summed E-state index contributed by atoms with van der Waals surface area (Å²) in [6.07, 6.45) is 3.10. The zero-order valence-electron chi connectivity index (χ0n) is 8.91. The molecule has 1 fully saturated rings. The SMILES string of the molecule is COCCS(=O)(=O)NCC1CCCC1Cl. The summed E-state index contributed by atoms with van der Waals surface area (Å²) in [6.45, 7) is 0.685. The van der Waals surface area contributed by atoms with Crippen LogP contribution in [0.15, 0.2) is 0 Å². The fourth-order valence-corrected chi connectivity index (χ4v) is 3.09. The molecule has 0 saturated heterocycles. The van der Waals surface area contributed by atoms with E-state index in [9.17, 15) is 8.42 Å². The van der Waals surface area contributed by atoms with Crippen molar-refractivity contribution in [3.05, 3.63) is 0 Å². The van der Waals surface area contributed by atoms with Crippen LogP contribution in [0.1, 0.15) is 19.3 Å². The van der Waals surface area contributed by atoms with Gasteiger partial charge < -0.3 is 4.74 Å². The van der Waals surface area contributed by atoms with Gasteiger partial charge in [0.15, 0.2) is 0 Å². The summed E-state index contributed by atoms with van der Waals surface area (Å²) in [6, 6.07) is 0. The van der Waals surface area contributed by atoms with E-state index >= 15 is 0 Å². The van der Waals surface area contributed by atoms with Crippen molar-refractivity contribution in [1.82, 2.24) is 4.72 Å². The molecule has 1 aliphatic rings. The molecule has 15 heavy (non-hydrogen) atoms. The zero-order chi connectivity index (χ0) is 11.3. The Bertz CT molecular complexity index is 281. The van der Waals surface area contributed by atoms with Crippen molar-refractivity contribution in [3.63, 3.8) is 0 Å². The molecule has 0 spiro atoms. The molecule has 2 unspecified atom stereocenters. The third-order valence-electron chi connectivity index (χ3n) is 2.69. The standard InChI is InChI=1S/C9H18ClNO3S/c1-14-5-6-15(12,13)11-7-8-3-2-4-9(8)10/h8-9,11H,2-7H2,1H3. The van der Waals surface area contributed by atoms with E-state index in [0.717, 1.165) is 19.3 Å². The molecule has 1 saturated carbocycles. The van der Waals surface area contributed by atoms with Crippen molar-refractivity contribution in [3.8, 4) is 0 Å². The maximum absolute atomic E-state index is 11.4. The first-order chi connectivity index (χ1) is 7.05. The second kappa shape index (κ2) is 6.03. The smallest absolute Gasteiger partial charge is 0.213 e. The Morgan fingerprint density at radius 3 is 2.73 bits per heavy atom. The van der Waals surface area contributed by atoms with Gasteiger partial charge in [-0.15, -0.1) is 11.6 Å². The minimum atomic E-state index is -3.19. The van der Waals surface area contributed by atoms with E-state index in [1.807, 2.05) is 0 Å². The highest BCUT2D eigenvalue weighted by Crippen LogP contribution is 2.29. The first kappa shape index (κ1) is 13.2. The average Bonchev–Trinajstić information content (AvgIpc) is 2.58. The molecule has 0 aromatic carbocycles. The number of rotatable bonds is 6. The predicted octanol–water partition coefficient (Wildman–Crippen LogP) is 0.960. The Morgan fingerprint density at radius 1 is 1.47 bits per heavy atom. The van der Waals surface area contributed by atoms with Crippen molar-refractivity contribution in [1.29, 1.82) is 0 Å². The fraction of sp³-hybridized carbons (Fsp3) is 1.00. The van der Waals surface area contributed by atoms with E-state index in [4.69, 9.17) is 16.3 Å². The highest BCUT2D eigenvalue weighted by Gasteiger charge is 2.26. The Hall–Kier alpha value is 0.160. The first-order valence-corrected chi connectivity index (χ1v) is 7.24. The molecular formula is C9H18ClNO3S. The molecular weight excluding hydrogens is 238 g/mol. The Labute approximate surface area is 96.4 Å². The molecule has 0 amide bonds. The van der Waals surface area contributed by atoms with Crippen LogP contribution in [0.2, 0.25) is 0 Å². The summed E-state index contributed by atoms with van der Waals surface area (Å²) in [4.78, 5) is 0. The molecule has 0 radical (unpaired) electrons. The number of sulfonamides is 1. The molecule has 1 aliphatic carbocycles. The van der Waals surface area contributed by atoms with Gasteiger partial charge in [-0.25, -0.2) is 13.1 Å². The van der Waals surface area contributed by atoms with E-state index in [-0.39, 0.29) is 23.7 Å². The Morgan fingerprint density at radius 2 is 2.20 bits per heavy atom. The molecule has 1 rings (SSSR count). The summed E-state index contributed by atoms with van der Waals surface area (Å²) >= 11 is 6.05. The molecule has 0 aromatic heterocycles. The lowest BCUT2D eigenvalue weighted by atomic mass is 10.1. The third-order valence-corrected chi connectivity index (χ3v) is 4.57. The van der Waals surface area contributed by atoms with Gasteiger partial charge in [0.2, 0.25) is 10.0 Å². The van der Waals surface area contributed by atoms with Gasteiger partial charge in [0.1, 0.15) is 0 Å². The summed E-state index contributed by atoms with van der Waals surface area (Å²) in [5, 5.41) is 0.120. The zero-order valence-corrected chi connectivity index (χ0v) is 10.5. The maximum Gasteiger partial charge on any atom is 0.213 e. The number of hydrogen-bond acceptors (Lipinski definition) is 3. The largest absolute Gasteiger partial charge is 0.384 e. The van der Waals surface area contributed by atoms with Gasteiger partial charge in [-0.05, 0) is 18.8 Å². The maximum atomic E-state index is 11.4. The number of alkyl halides is 1. The van der Waals surface area contributed by atoms with Crippen LogP contribution in [0, 0.1) is 5.92 Å². The van der Waals surface area contributed by atoms with E-state index in [0.29, 0.717) is 6.54 Å². The monoisotopic (exact) mass is 255 g/mol. The van der Waals surface area contributed by atoms with Gasteiger partial charge >= 0.3 is 0 Å². The van der Waals surface area contributed by atoms with Crippen LogP contribution in [0.4, 0.5) is 0 Å². The first-order valence-electron chi connectivity index (χ1n) is 5.15. The van der Waals surface area contributed by atoms with E-state index < -0.39 is 10.0 Å². The van der Waals surface area contributed by atoms with Crippen LogP contribution in [0.5, 0.6) is 0 Å². The number of nitrogens with one attached hydrogen (secondary N) is 1. The summed E-state index contributed by atoms with van der Waals surface area (Å²) in [5.74, 6) is 0.299. The normalized spacial score (nSPS) is 27.1. The van der Waals surface area contributed by atoms with Crippen molar-refractivity contribution in [2.24, 2.45) is 5.92 Å². The minimum Gasteiger partial charge on any atom is -0.384 e. The van der Waals surface area contributed by atoms with Crippen LogP contribution in [-0.4, -0.2) is 39.8 Å². The lowest BCUT2D eigenvalue weighted by Crippen LogP contribution is -2.33. The second-order valence-corrected chi connectivity index (χ2v) is 6.35. The molecule has 90 valence electrons. The topological polar surface area (TPSA) is 55.4 Å². The van der Waals surface area contributed by atoms with E-state index in [1.165, 1.54) is 7.11 Å². The average molecular weight is 256 g/mol. The van der Waals surface area contributed by atoms with Crippen LogP contribution in [-0.2, 0) is 14.8 Å². The van der Waals surface area contributed by atoms with Crippen molar-refractivity contribution >= 4 is 21.6 Å². The van der Waals surface area contributed by atoms with Crippen molar-refractivity contribution in [2.45, 2.75) is 24.6 Å². The molecule has 4 nitrogen and oxygen atoms in total. The molecule has 1 N–H and O–H groups in total. The highest BCUT2D eigenvalue weighted by atomic mass is 35.5. The van der Waals surface area contributed by atoms with Gasteiger partial charge in [-0.2, -0.15) is 0 Å². The lowest BCUT2D eigenvalue weighted by molar-refractivity contribution is 0.217. The van der Waals surface area contributed by atoms with Crippen LogP contribution >= 0.6 is 11.6 Å². The predicted molar refractivity (Wildman–Crippen MR) is 60.6 cm³/mol. The van der Waals surface area contributed by atoms with Gasteiger partial charge in [0.05, 0.1) is 12.4 Å². The Kier molecular flexibility index (Phi) is 5.32. The van der Waals surface area contributed by atoms with Gasteiger partial charge in [-0.1, -0.05) is 6.42 Å². The Balaban J connectivity index is 2.29.